The Morgan fingerprint density at radius 3 is 2.64 bits per heavy atom. The molecule has 1 aliphatic heterocycles. The van der Waals surface area contributed by atoms with Gasteiger partial charge in [-0.3, -0.25) is 19.9 Å². The molecule has 0 unspecified atom stereocenters. The van der Waals surface area contributed by atoms with Crippen LogP contribution < -0.4 is 4.90 Å². The van der Waals surface area contributed by atoms with Gasteiger partial charge in [-0.15, -0.1) is 0 Å². The van der Waals surface area contributed by atoms with E-state index in [-0.39, 0.29) is 22.9 Å². The highest BCUT2D eigenvalue weighted by Gasteiger charge is 2.25. The second-order valence-electron chi connectivity index (χ2n) is 6.03. The molecule has 2 heterocycles. The molecule has 0 saturated carbocycles. The van der Waals surface area contributed by atoms with Crippen LogP contribution in [0.25, 0.3) is 10.9 Å². The van der Waals surface area contributed by atoms with Gasteiger partial charge >= 0.3 is 0 Å². The molecule has 1 aromatic heterocycles. The van der Waals surface area contributed by atoms with Crippen LogP contribution in [-0.2, 0) is 4.79 Å². The summed E-state index contributed by atoms with van der Waals surface area (Å²) < 4.78 is 0. The van der Waals surface area contributed by atoms with Crippen LogP contribution in [0.1, 0.15) is 19.8 Å². The summed E-state index contributed by atoms with van der Waals surface area (Å²) in [4.78, 5) is 30.9. The number of amides is 1. The lowest BCUT2D eigenvalue weighted by Crippen LogP contribution is -2.48. The maximum atomic E-state index is 12.0. The van der Waals surface area contributed by atoms with Crippen LogP contribution in [0.15, 0.2) is 24.4 Å². The van der Waals surface area contributed by atoms with Gasteiger partial charge in [0.25, 0.3) is 5.69 Å². The number of carbonyl (C=O) groups is 1. The van der Waals surface area contributed by atoms with Crippen LogP contribution in [-0.4, -0.2) is 52.0 Å². The average Bonchev–Trinajstić information content (AvgIpc) is 2.62. The number of phenolic OH excluding ortho intramolecular Hbond substituents is 1. The number of fused-ring (bicyclic) bond motifs is 1. The largest absolute Gasteiger partial charge is 0.506 e. The molecular weight excluding hydrogens is 324 g/mol. The number of aromatic nitrogens is 1. The van der Waals surface area contributed by atoms with Gasteiger partial charge in [0, 0.05) is 44.9 Å². The number of phenols is 1. The highest BCUT2D eigenvalue weighted by Crippen LogP contribution is 2.37. The number of pyridine rings is 1. The van der Waals surface area contributed by atoms with Crippen LogP contribution in [0.5, 0.6) is 5.75 Å². The summed E-state index contributed by atoms with van der Waals surface area (Å²) in [6.07, 6.45) is 2.90. The van der Waals surface area contributed by atoms with E-state index < -0.39 is 4.92 Å². The zero-order chi connectivity index (χ0) is 18.0. The molecule has 1 fully saturated rings. The van der Waals surface area contributed by atoms with Gasteiger partial charge in [-0.1, -0.05) is 6.92 Å². The minimum absolute atomic E-state index is 0.0830. The number of nitro groups is 1. The molecule has 0 radical (unpaired) electrons. The predicted molar refractivity (Wildman–Crippen MR) is 93.8 cm³/mol. The smallest absolute Gasteiger partial charge is 0.281 e. The van der Waals surface area contributed by atoms with Crippen molar-refractivity contribution < 1.29 is 14.8 Å². The molecule has 0 atom stereocenters. The first-order valence-electron chi connectivity index (χ1n) is 8.30. The number of nitro benzene ring substituents is 1. The van der Waals surface area contributed by atoms with Crippen molar-refractivity contribution in [1.82, 2.24) is 9.88 Å². The van der Waals surface area contributed by atoms with Crippen LogP contribution in [0, 0.1) is 10.1 Å². The Hall–Kier alpha value is -2.90. The minimum atomic E-state index is -0.464. The van der Waals surface area contributed by atoms with Gasteiger partial charge in [0.15, 0.2) is 0 Å². The normalized spacial score (nSPS) is 14.8. The van der Waals surface area contributed by atoms with Crippen molar-refractivity contribution in [2.45, 2.75) is 19.8 Å². The number of carbonyl (C=O) groups excluding carboxylic acids is 1. The first-order valence-corrected chi connectivity index (χ1v) is 8.30. The lowest BCUT2D eigenvalue weighted by Gasteiger charge is -2.36. The minimum Gasteiger partial charge on any atom is -0.506 e. The van der Waals surface area contributed by atoms with Crippen molar-refractivity contribution >= 4 is 28.2 Å². The number of hydrogen-bond donors (Lipinski definition) is 1. The van der Waals surface area contributed by atoms with Crippen LogP contribution in [0.3, 0.4) is 0 Å². The van der Waals surface area contributed by atoms with Crippen molar-refractivity contribution in [2.75, 3.05) is 31.1 Å². The molecule has 0 bridgehead atoms. The molecule has 25 heavy (non-hydrogen) atoms. The fraction of sp³-hybridized carbons (Fsp3) is 0.412. The van der Waals surface area contributed by atoms with E-state index in [0.717, 1.165) is 6.42 Å². The van der Waals surface area contributed by atoms with Crippen molar-refractivity contribution in [3.63, 3.8) is 0 Å². The fourth-order valence-corrected chi connectivity index (χ4v) is 3.20. The standard InChI is InChI=1S/C17H20N4O4/c1-2-3-15(23)20-10-8-19(9-11-20)12-6-7-18-17-14(22)5-4-13(16(12)17)21(24)25/h4-7,22H,2-3,8-11H2,1H3. The monoisotopic (exact) mass is 344 g/mol. The number of anilines is 1. The molecule has 0 aliphatic carbocycles. The van der Waals surface area contributed by atoms with E-state index in [1.165, 1.54) is 18.3 Å². The Bertz CT molecular complexity index is 816. The second kappa shape index (κ2) is 6.92. The summed E-state index contributed by atoms with van der Waals surface area (Å²) in [6.45, 7) is 4.30. The number of hydrogen-bond acceptors (Lipinski definition) is 6. The van der Waals surface area contributed by atoms with Crippen molar-refractivity contribution in [1.29, 1.82) is 0 Å². The Kier molecular flexibility index (Phi) is 4.69. The molecule has 8 nitrogen and oxygen atoms in total. The third-order valence-electron chi connectivity index (χ3n) is 4.46. The lowest BCUT2D eigenvalue weighted by molar-refractivity contribution is -0.383. The van der Waals surface area contributed by atoms with E-state index in [1.807, 2.05) is 16.7 Å². The lowest BCUT2D eigenvalue weighted by atomic mass is 10.1. The summed E-state index contributed by atoms with van der Waals surface area (Å²) in [5, 5.41) is 21.8. The summed E-state index contributed by atoms with van der Waals surface area (Å²) in [7, 11) is 0. The average molecular weight is 344 g/mol. The number of nitrogens with zero attached hydrogens (tertiary/aromatic N) is 4. The SMILES string of the molecule is CCCC(=O)N1CCN(c2ccnc3c(O)ccc([N+](=O)[O-])c23)CC1. The zero-order valence-corrected chi connectivity index (χ0v) is 14.0. The topological polar surface area (TPSA) is 99.8 Å². The van der Waals surface area contributed by atoms with Crippen LogP contribution in [0.4, 0.5) is 11.4 Å². The van der Waals surface area contributed by atoms with E-state index >= 15 is 0 Å². The van der Waals surface area contributed by atoms with Gasteiger partial charge in [-0.05, 0) is 18.6 Å². The summed E-state index contributed by atoms with van der Waals surface area (Å²) >= 11 is 0. The third kappa shape index (κ3) is 3.19. The molecule has 1 aromatic carbocycles. The van der Waals surface area contributed by atoms with E-state index in [1.54, 1.807) is 6.07 Å². The molecule has 1 amide bonds. The number of piperazine rings is 1. The first kappa shape index (κ1) is 16.9. The highest BCUT2D eigenvalue weighted by atomic mass is 16.6. The van der Waals surface area contributed by atoms with E-state index in [4.69, 9.17) is 0 Å². The van der Waals surface area contributed by atoms with E-state index in [9.17, 15) is 20.0 Å². The molecule has 1 saturated heterocycles. The predicted octanol–water partition coefficient (Wildman–Crippen LogP) is 2.30. The van der Waals surface area contributed by atoms with Crippen molar-refractivity contribution in [3.05, 3.63) is 34.5 Å². The van der Waals surface area contributed by atoms with Crippen LogP contribution >= 0.6 is 0 Å². The van der Waals surface area contributed by atoms with Gasteiger partial charge < -0.3 is 14.9 Å². The summed E-state index contributed by atoms with van der Waals surface area (Å²) in [6, 6.07) is 4.31. The van der Waals surface area contributed by atoms with Gasteiger partial charge in [-0.2, -0.15) is 0 Å². The maximum absolute atomic E-state index is 12.0. The summed E-state index contributed by atoms with van der Waals surface area (Å²) in [5.41, 5.74) is 0.798. The maximum Gasteiger partial charge on any atom is 0.281 e. The number of rotatable bonds is 4. The number of aromatic hydroxyl groups is 1. The molecule has 1 aliphatic rings. The van der Waals surface area contributed by atoms with Crippen molar-refractivity contribution in [3.8, 4) is 5.75 Å². The van der Waals surface area contributed by atoms with Gasteiger partial charge in [-0.25, -0.2) is 0 Å². The quantitative estimate of drug-likeness (QED) is 0.675. The highest BCUT2D eigenvalue weighted by molar-refractivity contribution is 6.01. The second-order valence-corrected chi connectivity index (χ2v) is 6.03. The number of benzene rings is 1. The molecule has 3 rings (SSSR count). The van der Waals surface area contributed by atoms with Gasteiger partial charge in [0.05, 0.1) is 10.6 Å². The molecule has 132 valence electrons. The molecule has 2 aromatic rings. The summed E-state index contributed by atoms with van der Waals surface area (Å²) in [5.74, 6) is 0.0598. The van der Waals surface area contributed by atoms with Gasteiger partial charge in [0.2, 0.25) is 5.91 Å². The van der Waals surface area contributed by atoms with E-state index in [0.29, 0.717) is 43.7 Å². The van der Waals surface area contributed by atoms with Crippen molar-refractivity contribution in [2.24, 2.45) is 0 Å². The van der Waals surface area contributed by atoms with E-state index in [2.05, 4.69) is 4.98 Å². The Morgan fingerprint density at radius 2 is 2.00 bits per heavy atom. The molecule has 1 N–H and O–H groups in total. The molecule has 8 heteroatoms. The first-order chi connectivity index (χ1) is 12.0. The fourth-order valence-electron chi connectivity index (χ4n) is 3.20. The third-order valence-corrected chi connectivity index (χ3v) is 4.46. The Labute approximate surface area is 144 Å². The van der Waals surface area contributed by atoms with Crippen LogP contribution in [0.2, 0.25) is 0 Å². The molecular formula is C17H20N4O4. The molecule has 0 spiro atoms. The Balaban J connectivity index is 1.94. The number of non-ortho nitro benzene ring substituents is 1. The Morgan fingerprint density at radius 1 is 1.28 bits per heavy atom. The van der Waals surface area contributed by atoms with Gasteiger partial charge in [0.1, 0.15) is 16.7 Å². The zero-order valence-electron chi connectivity index (χ0n) is 14.0.